The summed E-state index contributed by atoms with van der Waals surface area (Å²) in [6, 6.07) is 0. The first kappa shape index (κ1) is 14.4. The van der Waals surface area contributed by atoms with Gasteiger partial charge in [-0.15, -0.1) is 0 Å². The van der Waals surface area contributed by atoms with E-state index in [1.54, 1.807) is 7.11 Å². The van der Waals surface area contributed by atoms with Gasteiger partial charge in [0, 0.05) is 26.8 Å². The lowest BCUT2D eigenvalue weighted by Gasteiger charge is -2.32. The lowest BCUT2D eigenvalue weighted by molar-refractivity contribution is -0.138. The quantitative estimate of drug-likeness (QED) is 0.654. The van der Waals surface area contributed by atoms with Gasteiger partial charge in [0.1, 0.15) is 6.61 Å². The Kier molecular flexibility index (Phi) is 7.16. The maximum Gasteiger partial charge on any atom is 0.248 e. The van der Waals surface area contributed by atoms with E-state index in [1.165, 1.54) is 0 Å². The zero-order valence-corrected chi connectivity index (χ0v) is 10.6. The van der Waals surface area contributed by atoms with E-state index in [4.69, 9.17) is 14.6 Å². The first-order valence-electron chi connectivity index (χ1n) is 6.23. The van der Waals surface area contributed by atoms with Crippen molar-refractivity contribution in [2.75, 3.05) is 46.6 Å². The molecule has 0 saturated carbocycles. The molecule has 0 aromatic carbocycles. The van der Waals surface area contributed by atoms with Crippen LogP contribution in [-0.4, -0.2) is 62.5 Å². The summed E-state index contributed by atoms with van der Waals surface area (Å²) in [4.78, 5) is 13.7. The van der Waals surface area contributed by atoms with Crippen LogP contribution in [0.5, 0.6) is 0 Å². The van der Waals surface area contributed by atoms with E-state index in [9.17, 15) is 4.79 Å². The normalized spacial score (nSPS) is 20.6. The summed E-state index contributed by atoms with van der Waals surface area (Å²) in [5, 5.41) is 8.90. The molecule has 1 heterocycles. The minimum absolute atomic E-state index is 0.0451. The number of carbonyl (C=O) groups excluding carboxylic acids is 1. The molecular weight excluding hydrogens is 222 g/mol. The van der Waals surface area contributed by atoms with Crippen LogP contribution in [-0.2, 0) is 14.3 Å². The molecule has 1 saturated heterocycles. The second kappa shape index (κ2) is 8.44. The molecule has 0 radical (unpaired) electrons. The van der Waals surface area contributed by atoms with Crippen molar-refractivity contribution in [3.63, 3.8) is 0 Å². The molecule has 1 amide bonds. The van der Waals surface area contributed by atoms with Gasteiger partial charge in [-0.2, -0.15) is 0 Å². The number of likely N-dealkylation sites (tertiary alicyclic amines) is 1. The van der Waals surface area contributed by atoms with Gasteiger partial charge in [-0.3, -0.25) is 4.79 Å². The molecule has 1 N–H and O–H groups in total. The van der Waals surface area contributed by atoms with Crippen LogP contribution >= 0.6 is 0 Å². The van der Waals surface area contributed by atoms with E-state index in [0.717, 1.165) is 32.4 Å². The van der Waals surface area contributed by atoms with Gasteiger partial charge in [-0.1, -0.05) is 0 Å². The Balaban J connectivity index is 2.21. The number of ether oxygens (including phenoxy) is 2. The van der Waals surface area contributed by atoms with Gasteiger partial charge in [0.15, 0.2) is 0 Å². The molecule has 1 aliphatic heterocycles. The van der Waals surface area contributed by atoms with Crippen LogP contribution in [0.25, 0.3) is 0 Å². The van der Waals surface area contributed by atoms with Crippen molar-refractivity contribution in [2.45, 2.75) is 19.3 Å². The van der Waals surface area contributed by atoms with Gasteiger partial charge >= 0.3 is 0 Å². The van der Waals surface area contributed by atoms with Crippen molar-refractivity contribution in [3.05, 3.63) is 0 Å². The van der Waals surface area contributed by atoms with E-state index >= 15 is 0 Å². The third kappa shape index (κ3) is 5.48. The fraction of sp³-hybridized carbons (Fsp3) is 0.917. The van der Waals surface area contributed by atoms with E-state index in [-0.39, 0.29) is 19.1 Å². The highest BCUT2D eigenvalue weighted by Gasteiger charge is 2.22. The molecule has 1 unspecified atom stereocenters. The fourth-order valence-corrected chi connectivity index (χ4v) is 2.10. The lowest BCUT2D eigenvalue weighted by Crippen LogP contribution is -2.42. The van der Waals surface area contributed by atoms with Crippen LogP contribution in [0.3, 0.4) is 0 Å². The molecule has 0 bridgehead atoms. The predicted octanol–water partition coefficient (Wildman–Crippen LogP) is 0.270. The Morgan fingerprint density at radius 2 is 2.29 bits per heavy atom. The Morgan fingerprint density at radius 1 is 1.47 bits per heavy atom. The van der Waals surface area contributed by atoms with Crippen molar-refractivity contribution in [1.82, 2.24) is 4.90 Å². The molecule has 17 heavy (non-hydrogen) atoms. The highest BCUT2D eigenvalue weighted by atomic mass is 16.5. The zero-order chi connectivity index (χ0) is 12.5. The monoisotopic (exact) mass is 245 g/mol. The summed E-state index contributed by atoms with van der Waals surface area (Å²) >= 11 is 0. The minimum Gasteiger partial charge on any atom is -0.396 e. The molecule has 100 valence electrons. The first-order valence-corrected chi connectivity index (χ1v) is 6.23. The van der Waals surface area contributed by atoms with Crippen molar-refractivity contribution in [1.29, 1.82) is 0 Å². The summed E-state index contributed by atoms with van der Waals surface area (Å²) in [5.74, 6) is 0.486. The standard InChI is InChI=1S/C12H23NO4/c1-16-7-8-17-10-12(15)13-5-2-3-11(9-13)4-6-14/h11,14H,2-10H2,1H3. The molecule has 0 spiro atoms. The van der Waals surface area contributed by atoms with Gasteiger partial charge in [-0.25, -0.2) is 0 Å². The highest BCUT2D eigenvalue weighted by Crippen LogP contribution is 2.19. The van der Waals surface area contributed by atoms with Gasteiger partial charge in [0.05, 0.1) is 13.2 Å². The van der Waals surface area contributed by atoms with Gasteiger partial charge < -0.3 is 19.5 Å². The maximum atomic E-state index is 11.8. The molecule has 1 atom stereocenters. The third-order valence-electron chi connectivity index (χ3n) is 3.07. The van der Waals surface area contributed by atoms with E-state index in [0.29, 0.717) is 19.1 Å². The average Bonchev–Trinajstić information content (AvgIpc) is 2.35. The van der Waals surface area contributed by atoms with Crippen LogP contribution in [0.15, 0.2) is 0 Å². The molecule has 5 nitrogen and oxygen atoms in total. The minimum atomic E-state index is 0.0451. The molecule has 0 aliphatic carbocycles. The number of methoxy groups -OCH3 is 1. The Morgan fingerprint density at radius 3 is 3.00 bits per heavy atom. The van der Waals surface area contributed by atoms with Crippen LogP contribution in [0.2, 0.25) is 0 Å². The predicted molar refractivity (Wildman–Crippen MR) is 63.7 cm³/mol. The average molecular weight is 245 g/mol. The summed E-state index contributed by atoms with van der Waals surface area (Å²) in [6.45, 7) is 2.88. The summed E-state index contributed by atoms with van der Waals surface area (Å²) in [7, 11) is 1.61. The van der Waals surface area contributed by atoms with E-state index in [2.05, 4.69) is 0 Å². The number of piperidine rings is 1. The van der Waals surface area contributed by atoms with E-state index < -0.39 is 0 Å². The molecule has 5 heteroatoms. The molecule has 0 aromatic rings. The van der Waals surface area contributed by atoms with Crippen molar-refractivity contribution >= 4 is 5.91 Å². The third-order valence-corrected chi connectivity index (χ3v) is 3.07. The second-order valence-corrected chi connectivity index (χ2v) is 4.41. The molecular formula is C12H23NO4. The smallest absolute Gasteiger partial charge is 0.248 e. The number of rotatable bonds is 7. The van der Waals surface area contributed by atoms with Crippen LogP contribution in [0.1, 0.15) is 19.3 Å². The van der Waals surface area contributed by atoms with Gasteiger partial charge in [0.25, 0.3) is 0 Å². The topological polar surface area (TPSA) is 59.0 Å². The van der Waals surface area contributed by atoms with Crippen molar-refractivity contribution < 1.29 is 19.4 Å². The number of hydrogen-bond acceptors (Lipinski definition) is 4. The van der Waals surface area contributed by atoms with Crippen LogP contribution in [0, 0.1) is 5.92 Å². The second-order valence-electron chi connectivity index (χ2n) is 4.41. The Labute approximate surface area is 103 Å². The van der Waals surface area contributed by atoms with Crippen LogP contribution < -0.4 is 0 Å². The van der Waals surface area contributed by atoms with Crippen molar-refractivity contribution in [2.24, 2.45) is 5.92 Å². The van der Waals surface area contributed by atoms with Crippen molar-refractivity contribution in [3.8, 4) is 0 Å². The number of hydrogen-bond donors (Lipinski definition) is 1. The number of aliphatic hydroxyl groups excluding tert-OH is 1. The first-order chi connectivity index (χ1) is 8.27. The Hall–Kier alpha value is -0.650. The zero-order valence-electron chi connectivity index (χ0n) is 10.6. The lowest BCUT2D eigenvalue weighted by atomic mass is 9.95. The van der Waals surface area contributed by atoms with Gasteiger partial charge in [-0.05, 0) is 25.2 Å². The van der Waals surface area contributed by atoms with Crippen LogP contribution in [0.4, 0.5) is 0 Å². The van der Waals surface area contributed by atoms with E-state index in [1.807, 2.05) is 4.90 Å². The molecule has 0 aromatic heterocycles. The Bertz CT molecular complexity index is 221. The molecule has 1 aliphatic rings. The SMILES string of the molecule is COCCOCC(=O)N1CCCC(CCO)C1. The largest absolute Gasteiger partial charge is 0.396 e. The number of carbonyl (C=O) groups is 1. The molecule has 1 fully saturated rings. The highest BCUT2D eigenvalue weighted by molar-refractivity contribution is 5.77. The summed E-state index contributed by atoms with van der Waals surface area (Å²) in [6.07, 6.45) is 2.91. The molecule has 1 rings (SSSR count). The summed E-state index contributed by atoms with van der Waals surface area (Å²) < 4.78 is 10.1. The summed E-state index contributed by atoms with van der Waals surface area (Å²) in [5.41, 5.74) is 0. The number of amides is 1. The maximum absolute atomic E-state index is 11.8. The fourth-order valence-electron chi connectivity index (χ4n) is 2.10. The number of nitrogens with zero attached hydrogens (tertiary/aromatic N) is 1. The number of aliphatic hydroxyl groups is 1. The van der Waals surface area contributed by atoms with Gasteiger partial charge in [0.2, 0.25) is 5.91 Å².